The molecule has 0 bridgehead atoms. The van der Waals surface area contributed by atoms with E-state index in [0.717, 1.165) is 17.9 Å². The fraction of sp³-hybridized carbons (Fsp3) is 0.353. The van der Waals surface area contributed by atoms with Crippen molar-refractivity contribution < 1.29 is 9.53 Å². The van der Waals surface area contributed by atoms with E-state index in [-0.39, 0.29) is 12.5 Å². The number of carbonyl (C=O) groups excluding carboxylic acids is 1. The van der Waals surface area contributed by atoms with Gasteiger partial charge in [0.1, 0.15) is 5.75 Å². The van der Waals surface area contributed by atoms with Crippen LogP contribution in [0.25, 0.3) is 0 Å². The van der Waals surface area contributed by atoms with Crippen LogP contribution in [-0.4, -0.2) is 23.6 Å². The second kappa shape index (κ2) is 6.97. The van der Waals surface area contributed by atoms with E-state index in [1.54, 1.807) is 0 Å². The van der Waals surface area contributed by atoms with Crippen molar-refractivity contribution in [1.29, 1.82) is 0 Å². The van der Waals surface area contributed by atoms with Crippen LogP contribution in [0.15, 0.2) is 36.4 Å². The monoisotopic (exact) mass is 286 g/mol. The predicted octanol–water partition coefficient (Wildman–Crippen LogP) is 2.61. The minimum Gasteiger partial charge on any atom is -0.484 e. The molecule has 0 saturated heterocycles. The highest BCUT2D eigenvalue weighted by atomic mass is 16.5. The average molecular weight is 286 g/mol. The van der Waals surface area contributed by atoms with Crippen LogP contribution in [0.4, 0.5) is 0 Å². The first-order valence-electron chi connectivity index (χ1n) is 7.16. The molecule has 1 heterocycles. The minimum absolute atomic E-state index is 0.0501. The predicted molar refractivity (Wildman–Crippen MR) is 83.6 cm³/mol. The summed E-state index contributed by atoms with van der Waals surface area (Å²) in [6.45, 7) is 7.53. The summed E-state index contributed by atoms with van der Waals surface area (Å²) < 4.78 is 7.70. The van der Waals surface area contributed by atoms with E-state index >= 15 is 0 Å². The third kappa shape index (κ3) is 4.12. The van der Waals surface area contributed by atoms with Crippen molar-refractivity contribution in [2.45, 2.75) is 27.3 Å². The van der Waals surface area contributed by atoms with Gasteiger partial charge in [-0.25, -0.2) is 0 Å². The number of aryl methyl sites for hydroxylation is 3. The van der Waals surface area contributed by atoms with Gasteiger partial charge in [0.2, 0.25) is 0 Å². The molecule has 0 atom stereocenters. The van der Waals surface area contributed by atoms with Crippen molar-refractivity contribution in [3.8, 4) is 5.75 Å². The first kappa shape index (κ1) is 15.2. The van der Waals surface area contributed by atoms with E-state index in [9.17, 15) is 4.79 Å². The normalized spacial score (nSPS) is 10.4. The summed E-state index contributed by atoms with van der Waals surface area (Å²) in [6, 6.07) is 11.8. The van der Waals surface area contributed by atoms with Crippen molar-refractivity contribution >= 4 is 5.91 Å². The number of para-hydroxylation sites is 1. The maximum absolute atomic E-state index is 11.8. The van der Waals surface area contributed by atoms with Crippen LogP contribution in [0.1, 0.15) is 17.0 Å². The number of ether oxygens (including phenoxy) is 1. The van der Waals surface area contributed by atoms with Crippen LogP contribution in [0.2, 0.25) is 0 Å². The van der Waals surface area contributed by atoms with Gasteiger partial charge in [-0.2, -0.15) is 0 Å². The van der Waals surface area contributed by atoms with Gasteiger partial charge in [0.25, 0.3) is 5.91 Å². The van der Waals surface area contributed by atoms with Gasteiger partial charge in [0.15, 0.2) is 6.61 Å². The molecule has 1 aromatic carbocycles. The third-order valence-electron chi connectivity index (χ3n) is 3.53. The fourth-order valence-corrected chi connectivity index (χ4v) is 2.27. The Balaban J connectivity index is 1.74. The zero-order valence-electron chi connectivity index (χ0n) is 12.8. The smallest absolute Gasteiger partial charge is 0.258 e. The number of nitrogens with one attached hydrogen (secondary N) is 1. The Morgan fingerprint density at radius 1 is 1.10 bits per heavy atom. The molecular weight excluding hydrogens is 264 g/mol. The van der Waals surface area contributed by atoms with Gasteiger partial charge in [0, 0.05) is 24.5 Å². The van der Waals surface area contributed by atoms with Crippen molar-refractivity contribution in [3.05, 3.63) is 53.3 Å². The maximum Gasteiger partial charge on any atom is 0.258 e. The van der Waals surface area contributed by atoms with E-state index in [4.69, 9.17) is 4.74 Å². The lowest BCUT2D eigenvalue weighted by atomic mass is 10.2. The van der Waals surface area contributed by atoms with Crippen molar-refractivity contribution in [2.75, 3.05) is 13.2 Å². The molecule has 2 rings (SSSR count). The van der Waals surface area contributed by atoms with Crippen molar-refractivity contribution in [1.82, 2.24) is 9.88 Å². The van der Waals surface area contributed by atoms with Gasteiger partial charge in [0.05, 0.1) is 0 Å². The van der Waals surface area contributed by atoms with E-state index in [1.165, 1.54) is 11.4 Å². The molecule has 0 unspecified atom stereocenters. The molecule has 4 heteroatoms. The fourth-order valence-electron chi connectivity index (χ4n) is 2.27. The maximum atomic E-state index is 11.8. The number of hydrogen-bond donors (Lipinski definition) is 1. The number of benzene rings is 1. The molecule has 112 valence electrons. The Morgan fingerprint density at radius 2 is 1.76 bits per heavy atom. The molecule has 0 aliphatic rings. The molecule has 1 amide bonds. The van der Waals surface area contributed by atoms with Crippen LogP contribution >= 0.6 is 0 Å². The van der Waals surface area contributed by atoms with Crippen LogP contribution in [0, 0.1) is 20.8 Å². The minimum atomic E-state index is -0.0966. The highest BCUT2D eigenvalue weighted by Crippen LogP contribution is 2.15. The van der Waals surface area contributed by atoms with Gasteiger partial charge in [-0.1, -0.05) is 18.2 Å². The average Bonchev–Trinajstić information content (AvgIpc) is 2.78. The standard InChI is InChI=1S/C17H22N2O2/c1-13-6-4-5-7-16(13)21-12-17(20)18-10-11-19-14(2)8-9-15(19)3/h4-9H,10-12H2,1-3H3,(H,18,20). The largest absolute Gasteiger partial charge is 0.484 e. The van der Waals surface area contributed by atoms with Crippen LogP contribution < -0.4 is 10.1 Å². The van der Waals surface area contributed by atoms with E-state index < -0.39 is 0 Å². The number of rotatable bonds is 6. The SMILES string of the molecule is Cc1ccccc1OCC(=O)NCCn1c(C)ccc1C. The second-order valence-corrected chi connectivity index (χ2v) is 5.17. The number of aromatic nitrogens is 1. The van der Waals surface area contributed by atoms with Gasteiger partial charge in [-0.05, 0) is 44.5 Å². The summed E-state index contributed by atoms with van der Waals surface area (Å²) in [6.07, 6.45) is 0. The van der Waals surface area contributed by atoms with Crippen LogP contribution in [0.3, 0.4) is 0 Å². The Morgan fingerprint density at radius 3 is 2.43 bits per heavy atom. The van der Waals surface area contributed by atoms with Crippen molar-refractivity contribution in [2.24, 2.45) is 0 Å². The van der Waals surface area contributed by atoms with Gasteiger partial charge in [-0.3, -0.25) is 4.79 Å². The third-order valence-corrected chi connectivity index (χ3v) is 3.53. The Kier molecular flexibility index (Phi) is 5.04. The molecule has 0 fully saturated rings. The highest BCUT2D eigenvalue weighted by molar-refractivity contribution is 5.77. The first-order chi connectivity index (χ1) is 10.1. The van der Waals surface area contributed by atoms with E-state index in [2.05, 4.69) is 35.9 Å². The van der Waals surface area contributed by atoms with Crippen LogP contribution in [0.5, 0.6) is 5.75 Å². The summed E-state index contributed by atoms with van der Waals surface area (Å²) in [5, 5.41) is 2.88. The molecule has 2 aromatic rings. The lowest BCUT2D eigenvalue weighted by molar-refractivity contribution is -0.123. The summed E-state index contributed by atoms with van der Waals surface area (Å²) in [5.41, 5.74) is 3.44. The molecule has 0 spiro atoms. The number of nitrogens with zero attached hydrogens (tertiary/aromatic N) is 1. The second-order valence-electron chi connectivity index (χ2n) is 5.17. The molecular formula is C17H22N2O2. The van der Waals surface area contributed by atoms with E-state index in [1.807, 2.05) is 31.2 Å². The number of carbonyl (C=O) groups is 1. The molecule has 0 aliphatic carbocycles. The molecule has 1 aromatic heterocycles. The van der Waals surface area contributed by atoms with Gasteiger partial charge >= 0.3 is 0 Å². The molecule has 4 nitrogen and oxygen atoms in total. The Labute approximate surface area is 125 Å². The molecule has 0 radical (unpaired) electrons. The molecule has 0 aliphatic heterocycles. The number of hydrogen-bond acceptors (Lipinski definition) is 2. The lowest BCUT2D eigenvalue weighted by Gasteiger charge is -2.11. The molecule has 21 heavy (non-hydrogen) atoms. The van der Waals surface area contributed by atoms with Crippen LogP contribution in [-0.2, 0) is 11.3 Å². The lowest BCUT2D eigenvalue weighted by Crippen LogP contribution is -2.32. The molecule has 0 saturated carbocycles. The van der Waals surface area contributed by atoms with E-state index in [0.29, 0.717) is 6.54 Å². The quantitative estimate of drug-likeness (QED) is 0.887. The molecule has 1 N–H and O–H groups in total. The van der Waals surface area contributed by atoms with Gasteiger partial charge in [-0.15, -0.1) is 0 Å². The summed E-state index contributed by atoms with van der Waals surface area (Å²) in [5.74, 6) is 0.658. The first-order valence-corrected chi connectivity index (χ1v) is 7.16. The number of amides is 1. The summed E-state index contributed by atoms with van der Waals surface area (Å²) >= 11 is 0. The zero-order valence-corrected chi connectivity index (χ0v) is 12.8. The topological polar surface area (TPSA) is 43.3 Å². The Hall–Kier alpha value is -2.23. The van der Waals surface area contributed by atoms with Crippen molar-refractivity contribution in [3.63, 3.8) is 0 Å². The zero-order chi connectivity index (χ0) is 15.2. The summed E-state index contributed by atoms with van der Waals surface area (Å²) in [7, 11) is 0. The van der Waals surface area contributed by atoms with Gasteiger partial charge < -0.3 is 14.6 Å². The summed E-state index contributed by atoms with van der Waals surface area (Å²) in [4.78, 5) is 11.8. The Bertz CT molecular complexity index is 598. The highest BCUT2D eigenvalue weighted by Gasteiger charge is 2.05.